The molecule has 0 bridgehead atoms. The van der Waals surface area contributed by atoms with Gasteiger partial charge in [-0.1, -0.05) is 11.6 Å². The van der Waals surface area contributed by atoms with Gasteiger partial charge in [-0.15, -0.1) is 11.3 Å². The number of ether oxygens (including phenoxy) is 1. The first-order chi connectivity index (χ1) is 9.04. The quantitative estimate of drug-likeness (QED) is 0.879. The second-order valence-electron chi connectivity index (χ2n) is 3.64. The summed E-state index contributed by atoms with van der Waals surface area (Å²) in [5.74, 6) is -1.19. The zero-order chi connectivity index (χ0) is 14.0. The maximum Gasteiger partial charge on any atom is 0.337 e. The molecule has 0 aliphatic rings. The van der Waals surface area contributed by atoms with E-state index in [1.54, 1.807) is 11.4 Å². The topological polar surface area (TPSA) is 63.6 Å². The Hall–Kier alpha value is -1.85. The Balaban J connectivity index is 2.50. The van der Waals surface area contributed by atoms with Crippen molar-refractivity contribution in [2.24, 2.45) is 0 Å². The van der Waals surface area contributed by atoms with Crippen molar-refractivity contribution in [3.8, 4) is 5.75 Å². The lowest BCUT2D eigenvalue weighted by molar-refractivity contribution is 0.0693. The van der Waals surface area contributed by atoms with Gasteiger partial charge in [0, 0.05) is 5.02 Å². The summed E-state index contributed by atoms with van der Waals surface area (Å²) >= 11 is 6.91. The molecule has 1 aromatic carbocycles. The highest BCUT2D eigenvalue weighted by atomic mass is 35.5. The normalized spacial score (nSPS) is 10.2. The van der Waals surface area contributed by atoms with Crippen LogP contribution in [-0.4, -0.2) is 24.0 Å². The molecule has 1 heterocycles. The minimum absolute atomic E-state index is 0.00740. The molecule has 4 nitrogen and oxygen atoms in total. The van der Waals surface area contributed by atoms with Crippen LogP contribution in [0.4, 0.5) is 0 Å². The van der Waals surface area contributed by atoms with Gasteiger partial charge in [0.2, 0.25) is 5.78 Å². The first-order valence-electron chi connectivity index (χ1n) is 5.23. The standard InChI is InChI=1S/C13H9ClO4S/c1-18-10-6-7(14)2-3-8(10)11(15)12-9(13(16)17)4-5-19-12/h2-6H,1H3,(H,16,17). The third kappa shape index (κ3) is 2.62. The molecule has 0 spiro atoms. The summed E-state index contributed by atoms with van der Waals surface area (Å²) in [6, 6.07) is 6.01. The molecular weight excluding hydrogens is 288 g/mol. The van der Waals surface area contributed by atoms with Crippen LogP contribution in [0.2, 0.25) is 5.02 Å². The van der Waals surface area contributed by atoms with Gasteiger partial charge in [-0.05, 0) is 29.6 Å². The number of carboxylic acid groups (broad SMARTS) is 1. The zero-order valence-corrected chi connectivity index (χ0v) is 11.4. The van der Waals surface area contributed by atoms with Gasteiger partial charge >= 0.3 is 5.97 Å². The number of rotatable bonds is 4. The van der Waals surface area contributed by atoms with Gasteiger partial charge in [-0.3, -0.25) is 4.79 Å². The van der Waals surface area contributed by atoms with Gasteiger partial charge in [0.25, 0.3) is 0 Å². The first-order valence-corrected chi connectivity index (χ1v) is 6.49. The van der Waals surface area contributed by atoms with Crippen LogP contribution in [0.1, 0.15) is 25.6 Å². The van der Waals surface area contributed by atoms with E-state index in [1.807, 2.05) is 0 Å². The molecule has 2 rings (SSSR count). The molecule has 1 aromatic heterocycles. The molecule has 0 aliphatic heterocycles. The van der Waals surface area contributed by atoms with E-state index < -0.39 is 5.97 Å². The van der Waals surface area contributed by atoms with Crippen molar-refractivity contribution in [2.45, 2.75) is 0 Å². The van der Waals surface area contributed by atoms with Crippen LogP contribution in [0.25, 0.3) is 0 Å². The van der Waals surface area contributed by atoms with Crippen molar-refractivity contribution in [3.05, 3.63) is 50.7 Å². The number of aromatic carboxylic acids is 1. The molecule has 1 N–H and O–H groups in total. The number of hydrogen-bond acceptors (Lipinski definition) is 4. The summed E-state index contributed by atoms with van der Waals surface area (Å²) < 4.78 is 5.10. The Labute approximate surface area is 118 Å². The molecule has 0 unspecified atom stereocenters. The third-order valence-corrected chi connectivity index (χ3v) is 3.66. The molecule has 0 fully saturated rings. The average molecular weight is 297 g/mol. The molecule has 6 heteroatoms. The lowest BCUT2D eigenvalue weighted by atomic mass is 10.1. The van der Waals surface area contributed by atoms with Crippen LogP contribution in [0.3, 0.4) is 0 Å². The van der Waals surface area contributed by atoms with Crippen molar-refractivity contribution in [1.29, 1.82) is 0 Å². The van der Waals surface area contributed by atoms with Gasteiger partial charge < -0.3 is 9.84 Å². The van der Waals surface area contributed by atoms with Gasteiger partial charge in [-0.25, -0.2) is 4.79 Å². The number of hydrogen-bond donors (Lipinski definition) is 1. The summed E-state index contributed by atoms with van der Waals surface area (Å²) in [6.45, 7) is 0. The van der Waals surface area contributed by atoms with Crippen molar-refractivity contribution in [1.82, 2.24) is 0 Å². The van der Waals surface area contributed by atoms with E-state index in [0.717, 1.165) is 11.3 Å². The molecule has 19 heavy (non-hydrogen) atoms. The fraction of sp³-hybridized carbons (Fsp3) is 0.0769. The maximum atomic E-state index is 12.3. The van der Waals surface area contributed by atoms with Crippen LogP contribution in [-0.2, 0) is 0 Å². The second kappa shape index (κ2) is 5.42. The van der Waals surface area contributed by atoms with E-state index in [2.05, 4.69) is 0 Å². The van der Waals surface area contributed by atoms with Crippen LogP contribution in [0.15, 0.2) is 29.6 Å². The Bertz CT molecular complexity index is 648. The van der Waals surface area contributed by atoms with Crippen LogP contribution >= 0.6 is 22.9 Å². The van der Waals surface area contributed by atoms with Crippen molar-refractivity contribution in [3.63, 3.8) is 0 Å². The predicted octanol–water partition coefficient (Wildman–Crippen LogP) is 3.34. The monoisotopic (exact) mass is 296 g/mol. The molecular formula is C13H9ClO4S. The van der Waals surface area contributed by atoms with Crippen LogP contribution in [0, 0.1) is 0 Å². The molecule has 0 saturated carbocycles. The highest BCUT2D eigenvalue weighted by Gasteiger charge is 2.22. The van der Waals surface area contributed by atoms with Gasteiger partial charge in [-0.2, -0.15) is 0 Å². The molecule has 2 aromatic rings. The van der Waals surface area contributed by atoms with Crippen molar-refractivity contribution >= 4 is 34.7 Å². The SMILES string of the molecule is COc1cc(Cl)ccc1C(=O)c1sccc1C(=O)O. The van der Waals surface area contributed by atoms with E-state index in [-0.39, 0.29) is 21.8 Å². The summed E-state index contributed by atoms with van der Waals surface area (Å²) in [6.07, 6.45) is 0. The minimum Gasteiger partial charge on any atom is -0.496 e. The number of methoxy groups -OCH3 is 1. The number of carbonyl (C=O) groups is 2. The number of carbonyl (C=O) groups excluding carboxylic acids is 1. The molecule has 0 saturated heterocycles. The van der Waals surface area contributed by atoms with E-state index in [0.29, 0.717) is 10.8 Å². The van der Waals surface area contributed by atoms with Crippen LogP contribution < -0.4 is 4.74 Å². The van der Waals surface area contributed by atoms with Gasteiger partial charge in [0.05, 0.1) is 23.1 Å². The summed E-state index contributed by atoms with van der Waals surface area (Å²) in [7, 11) is 1.43. The highest BCUT2D eigenvalue weighted by molar-refractivity contribution is 7.12. The van der Waals surface area contributed by atoms with E-state index in [9.17, 15) is 9.59 Å². The summed E-state index contributed by atoms with van der Waals surface area (Å²) in [5, 5.41) is 11.0. The Kier molecular flexibility index (Phi) is 3.87. The number of halogens is 1. The second-order valence-corrected chi connectivity index (χ2v) is 4.99. The molecule has 0 amide bonds. The van der Waals surface area contributed by atoms with Gasteiger partial charge in [0.1, 0.15) is 5.75 Å². The maximum absolute atomic E-state index is 12.3. The fourth-order valence-electron chi connectivity index (χ4n) is 1.63. The molecule has 0 aliphatic carbocycles. The minimum atomic E-state index is -1.13. The number of ketones is 1. The predicted molar refractivity (Wildman–Crippen MR) is 72.7 cm³/mol. The summed E-state index contributed by atoms with van der Waals surface area (Å²) in [4.78, 5) is 23.6. The third-order valence-electron chi connectivity index (χ3n) is 2.51. The highest BCUT2D eigenvalue weighted by Crippen LogP contribution is 2.28. The van der Waals surface area contributed by atoms with E-state index in [1.165, 1.54) is 25.3 Å². The fourth-order valence-corrected chi connectivity index (χ4v) is 2.63. The summed E-state index contributed by atoms with van der Waals surface area (Å²) in [5.41, 5.74) is 0.281. The van der Waals surface area contributed by atoms with E-state index in [4.69, 9.17) is 21.4 Å². The van der Waals surface area contributed by atoms with Crippen molar-refractivity contribution < 1.29 is 19.4 Å². The lowest BCUT2D eigenvalue weighted by Crippen LogP contribution is -2.07. The zero-order valence-electron chi connectivity index (χ0n) is 9.84. The van der Waals surface area contributed by atoms with E-state index >= 15 is 0 Å². The number of benzene rings is 1. The molecule has 0 atom stereocenters. The van der Waals surface area contributed by atoms with Gasteiger partial charge in [0.15, 0.2) is 0 Å². The first kappa shape index (κ1) is 13.6. The molecule has 0 radical (unpaired) electrons. The largest absolute Gasteiger partial charge is 0.496 e. The number of thiophene rings is 1. The average Bonchev–Trinajstić information content (AvgIpc) is 2.87. The van der Waals surface area contributed by atoms with Crippen molar-refractivity contribution in [2.75, 3.05) is 7.11 Å². The van der Waals surface area contributed by atoms with Crippen LogP contribution in [0.5, 0.6) is 5.75 Å². The Morgan fingerprint density at radius 1 is 1.26 bits per heavy atom. The Morgan fingerprint density at radius 2 is 2.00 bits per heavy atom. The Morgan fingerprint density at radius 3 is 2.63 bits per heavy atom. The number of carboxylic acids is 1. The molecule has 98 valence electrons. The smallest absolute Gasteiger partial charge is 0.337 e. The lowest BCUT2D eigenvalue weighted by Gasteiger charge is -2.07.